The maximum atomic E-state index is 13.5. The van der Waals surface area contributed by atoms with E-state index in [1.54, 1.807) is 17.4 Å². The van der Waals surface area contributed by atoms with Crippen LogP contribution in [0.2, 0.25) is 0 Å². The van der Waals surface area contributed by atoms with Crippen molar-refractivity contribution in [3.63, 3.8) is 0 Å². The van der Waals surface area contributed by atoms with Gasteiger partial charge in [-0.1, -0.05) is 24.3 Å². The Balaban J connectivity index is 1.93. The van der Waals surface area contributed by atoms with Gasteiger partial charge in [0.25, 0.3) is 0 Å². The molecule has 1 aromatic carbocycles. The van der Waals surface area contributed by atoms with Gasteiger partial charge in [0.15, 0.2) is 0 Å². The highest BCUT2D eigenvalue weighted by Crippen LogP contribution is 2.19. The highest BCUT2D eigenvalue weighted by molar-refractivity contribution is 7.10. The predicted octanol–water partition coefficient (Wildman–Crippen LogP) is 4.17. The summed E-state index contributed by atoms with van der Waals surface area (Å²) >= 11 is 1.75. The van der Waals surface area contributed by atoms with Crippen molar-refractivity contribution in [2.24, 2.45) is 0 Å². The normalized spacial score (nSPS) is 14.4. The van der Waals surface area contributed by atoms with Gasteiger partial charge >= 0.3 is 0 Å². The molecule has 18 heavy (non-hydrogen) atoms. The molecule has 0 aliphatic heterocycles. The van der Waals surface area contributed by atoms with E-state index in [1.807, 2.05) is 12.1 Å². The quantitative estimate of drug-likeness (QED) is 0.853. The zero-order valence-electron chi connectivity index (χ0n) is 10.7. The van der Waals surface area contributed by atoms with Gasteiger partial charge in [-0.25, -0.2) is 4.39 Å². The van der Waals surface area contributed by atoms with Crippen molar-refractivity contribution in [3.05, 3.63) is 58.0 Å². The van der Waals surface area contributed by atoms with Crippen molar-refractivity contribution < 1.29 is 4.39 Å². The van der Waals surface area contributed by atoms with Gasteiger partial charge in [-0.2, -0.15) is 0 Å². The van der Waals surface area contributed by atoms with Gasteiger partial charge in [-0.3, -0.25) is 0 Å². The van der Waals surface area contributed by atoms with Crippen LogP contribution in [0.5, 0.6) is 0 Å². The molecule has 0 aliphatic carbocycles. The molecule has 3 heteroatoms. The monoisotopic (exact) mass is 263 g/mol. The van der Waals surface area contributed by atoms with Crippen molar-refractivity contribution in [1.82, 2.24) is 5.32 Å². The smallest absolute Gasteiger partial charge is 0.126 e. The average molecular weight is 263 g/mol. The minimum absolute atomic E-state index is 0.116. The fourth-order valence-corrected chi connectivity index (χ4v) is 2.84. The minimum atomic E-state index is -0.116. The standard InChI is InChI=1S/C15H18FNS/c1-11(10-13-6-3-4-7-14(13)16)17-12(2)15-8-5-9-18-15/h3-9,11-12,17H,10H2,1-2H3/t11?,12-/m1/s1. The van der Waals surface area contributed by atoms with Gasteiger partial charge in [-0.05, 0) is 43.3 Å². The molecular formula is C15H18FNS. The van der Waals surface area contributed by atoms with Crippen molar-refractivity contribution in [2.45, 2.75) is 32.4 Å². The zero-order valence-corrected chi connectivity index (χ0v) is 11.5. The third-order valence-electron chi connectivity index (χ3n) is 2.99. The Labute approximate surface area is 112 Å². The average Bonchev–Trinajstić information content (AvgIpc) is 2.85. The first kappa shape index (κ1) is 13.2. The van der Waals surface area contributed by atoms with Gasteiger partial charge in [0.1, 0.15) is 5.82 Å². The van der Waals surface area contributed by atoms with E-state index in [2.05, 4.69) is 36.7 Å². The van der Waals surface area contributed by atoms with E-state index in [4.69, 9.17) is 0 Å². The molecule has 0 amide bonds. The summed E-state index contributed by atoms with van der Waals surface area (Å²) in [5.41, 5.74) is 0.774. The van der Waals surface area contributed by atoms with Crippen LogP contribution in [-0.2, 0) is 6.42 Å². The lowest BCUT2D eigenvalue weighted by molar-refractivity contribution is 0.473. The molecule has 2 rings (SSSR count). The van der Waals surface area contributed by atoms with Gasteiger partial charge < -0.3 is 5.32 Å². The van der Waals surface area contributed by atoms with Gasteiger partial charge in [-0.15, -0.1) is 11.3 Å². The molecule has 96 valence electrons. The van der Waals surface area contributed by atoms with Crippen LogP contribution in [0.25, 0.3) is 0 Å². The lowest BCUT2D eigenvalue weighted by Gasteiger charge is -2.19. The lowest BCUT2D eigenvalue weighted by atomic mass is 10.1. The first-order valence-corrected chi connectivity index (χ1v) is 7.07. The van der Waals surface area contributed by atoms with Crippen molar-refractivity contribution in [2.75, 3.05) is 0 Å². The van der Waals surface area contributed by atoms with Gasteiger partial charge in [0, 0.05) is 17.0 Å². The summed E-state index contributed by atoms with van der Waals surface area (Å²) in [6, 6.07) is 11.7. The van der Waals surface area contributed by atoms with E-state index in [1.165, 1.54) is 10.9 Å². The van der Waals surface area contributed by atoms with Crippen LogP contribution in [0.1, 0.15) is 30.3 Å². The molecule has 0 aliphatic rings. The molecule has 2 aromatic rings. The van der Waals surface area contributed by atoms with E-state index < -0.39 is 0 Å². The summed E-state index contributed by atoms with van der Waals surface area (Å²) < 4.78 is 13.5. The van der Waals surface area contributed by atoms with Crippen LogP contribution in [0.4, 0.5) is 4.39 Å². The zero-order chi connectivity index (χ0) is 13.0. The molecule has 1 nitrogen and oxygen atoms in total. The molecule has 0 fully saturated rings. The Morgan fingerprint density at radius 1 is 1.17 bits per heavy atom. The molecule has 0 spiro atoms. The van der Waals surface area contributed by atoms with E-state index in [0.29, 0.717) is 12.5 Å². The molecular weight excluding hydrogens is 245 g/mol. The Kier molecular flexibility index (Phi) is 4.50. The molecule has 0 bridgehead atoms. The summed E-state index contributed by atoms with van der Waals surface area (Å²) in [4.78, 5) is 1.32. The van der Waals surface area contributed by atoms with Crippen LogP contribution < -0.4 is 5.32 Å². The number of thiophene rings is 1. The van der Waals surface area contributed by atoms with Crippen LogP contribution in [-0.4, -0.2) is 6.04 Å². The molecule has 0 saturated heterocycles. The SMILES string of the molecule is CC(Cc1ccccc1F)N[C@H](C)c1cccs1. The second kappa shape index (κ2) is 6.12. The topological polar surface area (TPSA) is 12.0 Å². The summed E-state index contributed by atoms with van der Waals surface area (Å²) in [5.74, 6) is -0.116. The van der Waals surface area contributed by atoms with Crippen LogP contribution >= 0.6 is 11.3 Å². The Morgan fingerprint density at radius 2 is 1.94 bits per heavy atom. The van der Waals surface area contributed by atoms with Crippen molar-refractivity contribution >= 4 is 11.3 Å². The molecule has 1 unspecified atom stereocenters. The maximum Gasteiger partial charge on any atom is 0.126 e. The number of nitrogens with one attached hydrogen (secondary N) is 1. The Morgan fingerprint density at radius 3 is 2.61 bits per heavy atom. The molecule has 1 heterocycles. The minimum Gasteiger partial charge on any atom is -0.307 e. The molecule has 0 saturated carbocycles. The van der Waals surface area contributed by atoms with Gasteiger partial charge in [0.2, 0.25) is 0 Å². The number of halogens is 1. The Hall–Kier alpha value is -1.19. The molecule has 2 atom stereocenters. The summed E-state index contributed by atoms with van der Waals surface area (Å²) in [5, 5.41) is 5.58. The first-order valence-electron chi connectivity index (χ1n) is 6.19. The van der Waals surface area contributed by atoms with E-state index in [9.17, 15) is 4.39 Å². The number of hydrogen-bond donors (Lipinski definition) is 1. The van der Waals surface area contributed by atoms with Crippen LogP contribution in [0.15, 0.2) is 41.8 Å². The van der Waals surface area contributed by atoms with Crippen molar-refractivity contribution in [3.8, 4) is 0 Å². The summed E-state index contributed by atoms with van der Waals surface area (Å²) in [6.45, 7) is 4.24. The van der Waals surface area contributed by atoms with Crippen molar-refractivity contribution in [1.29, 1.82) is 0 Å². The first-order chi connectivity index (χ1) is 8.66. The largest absolute Gasteiger partial charge is 0.307 e. The molecule has 1 aromatic heterocycles. The highest BCUT2D eigenvalue weighted by Gasteiger charge is 2.12. The summed E-state index contributed by atoms with van der Waals surface area (Å²) in [6.07, 6.45) is 0.711. The number of hydrogen-bond acceptors (Lipinski definition) is 2. The predicted molar refractivity (Wildman–Crippen MR) is 75.4 cm³/mol. The van der Waals surface area contributed by atoms with Crippen LogP contribution in [0.3, 0.4) is 0 Å². The second-order valence-electron chi connectivity index (χ2n) is 4.60. The second-order valence-corrected chi connectivity index (χ2v) is 5.58. The maximum absolute atomic E-state index is 13.5. The number of benzene rings is 1. The molecule has 1 N–H and O–H groups in total. The van der Waals surface area contributed by atoms with E-state index >= 15 is 0 Å². The lowest BCUT2D eigenvalue weighted by Crippen LogP contribution is -2.30. The fraction of sp³-hybridized carbons (Fsp3) is 0.333. The Bertz CT molecular complexity index is 481. The highest BCUT2D eigenvalue weighted by atomic mass is 32.1. The van der Waals surface area contributed by atoms with Gasteiger partial charge in [0.05, 0.1) is 0 Å². The third kappa shape index (κ3) is 3.40. The third-order valence-corrected chi connectivity index (χ3v) is 4.04. The van der Waals surface area contributed by atoms with E-state index in [-0.39, 0.29) is 11.9 Å². The number of rotatable bonds is 5. The fourth-order valence-electron chi connectivity index (χ4n) is 2.10. The van der Waals surface area contributed by atoms with Crippen LogP contribution in [0, 0.1) is 5.82 Å². The summed E-state index contributed by atoms with van der Waals surface area (Å²) in [7, 11) is 0. The van der Waals surface area contributed by atoms with E-state index in [0.717, 1.165) is 5.56 Å². The molecule has 0 radical (unpaired) electrons.